The summed E-state index contributed by atoms with van der Waals surface area (Å²) in [5, 5.41) is 35.3. The predicted molar refractivity (Wildman–Crippen MR) is 127 cm³/mol. The second-order valence-electron chi connectivity index (χ2n) is 8.34. The van der Waals surface area contributed by atoms with Gasteiger partial charge in [0.1, 0.15) is 17.8 Å². The molecule has 0 aromatic heterocycles. The van der Waals surface area contributed by atoms with Crippen molar-refractivity contribution >= 4 is 35.5 Å². The van der Waals surface area contributed by atoms with E-state index in [0.29, 0.717) is 5.56 Å². The maximum Gasteiger partial charge on any atom is 0.328 e. The molecule has 0 radical (unpaired) electrons. The Hall–Kier alpha value is -4.24. The van der Waals surface area contributed by atoms with Gasteiger partial charge in [-0.1, -0.05) is 12.1 Å². The van der Waals surface area contributed by atoms with E-state index < -0.39 is 72.2 Å². The Kier molecular flexibility index (Phi) is 11.9. The third-order valence-corrected chi connectivity index (χ3v) is 5.13. The maximum atomic E-state index is 13.1. The molecule has 1 aromatic rings. The van der Waals surface area contributed by atoms with Crippen molar-refractivity contribution in [2.24, 2.45) is 17.2 Å². The van der Waals surface area contributed by atoms with E-state index in [-0.39, 0.29) is 25.0 Å². The number of phenols is 1. The van der Waals surface area contributed by atoms with Gasteiger partial charge in [0.05, 0.1) is 18.6 Å². The molecule has 5 atom stereocenters. The summed E-state index contributed by atoms with van der Waals surface area (Å²) in [5.41, 5.74) is 16.2. The quantitative estimate of drug-likeness (QED) is 0.108. The van der Waals surface area contributed by atoms with Gasteiger partial charge in [0.15, 0.2) is 6.04 Å². The number of carboxylic acids is 1. The molecule has 12 N–H and O–H groups in total. The Morgan fingerprint density at radius 3 is 1.89 bits per heavy atom. The van der Waals surface area contributed by atoms with E-state index in [1.54, 1.807) is 0 Å². The Morgan fingerprint density at radius 2 is 1.41 bits per heavy atom. The van der Waals surface area contributed by atoms with Gasteiger partial charge in [-0.2, -0.15) is 0 Å². The summed E-state index contributed by atoms with van der Waals surface area (Å²) in [5.74, 6) is -6.07. The molecule has 1 aromatic carbocycles. The van der Waals surface area contributed by atoms with E-state index in [2.05, 4.69) is 16.0 Å². The highest BCUT2D eigenvalue weighted by Crippen LogP contribution is 2.12. The number of aliphatic hydroxyl groups is 1. The number of aromatic hydroxyl groups is 1. The molecule has 15 nitrogen and oxygen atoms in total. The van der Waals surface area contributed by atoms with Crippen molar-refractivity contribution in [1.82, 2.24) is 16.0 Å². The summed E-state index contributed by atoms with van der Waals surface area (Å²) in [7, 11) is 0. The fraction of sp³-hybridized carbons (Fsp3) is 0.455. The zero-order valence-corrected chi connectivity index (χ0v) is 20.0. The molecule has 0 heterocycles. The number of carbonyl (C=O) groups is 6. The number of aliphatic carboxylic acids is 1. The summed E-state index contributed by atoms with van der Waals surface area (Å²) in [6, 6.07) is -0.328. The van der Waals surface area contributed by atoms with Crippen LogP contribution in [0, 0.1) is 0 Å². The van der Waals surface area contributed by atoms with Gasteiger partial charge in [-0.15, -0.1) is 0 Å². The smallest absolute Gasteiger partial charge is 0.328 e. The molecule has 1 rings (SSSR count). The van der Waals surface area contributed by atoms with Crippen molar-refractivity contribution in [2.75, 3.05) is 0 Å². The van der Waals surface area contributed by atoms with Gasteiger partial charge in [-0.05, 0) is 31.0 Å². The van der Waals surface area contributed by atoms with Crippen LogP contribution in [0.3, 0.4) is 0 Å². The zero-order valence-electron chi connectivity index (χ0n) is 20.0. The van der Waals surface area contributed by atoms with E-state index in [0.717, 1.165) is 6.92 Å². The number of nitrogens with one attached hydrogen (secondary N) is 3. The van der Waals surface area contributed by atoms with Crippen LogP contribution in [0.25, 0.3) is 0 Å². The summed E-state index contributed by atoms with van der Waals surface area (Å²) < 4.78 is 0. The Balaban J connectivity index is 3.18. The lowest BCUT2D eigenvalue weighted by Gasteiger charge is -2.25. The van der Waals surface area contributed by atoms with Gasteiger partial charge >= 0.3 is 5.97 Å². The average Bonchev–Trinajstić information content (AvgIpc) is 2.79. The van der Waals surface area contributed by atoms with E-state index in [9.17, 15) is 44.1 Å². The standard InChI is InChI=1S/C22H32N6O9/c1-10(29)18(22(36)37)28-21(35)15(8-11-2-4-12(30)5-3-11)27-20(34)14(6-7-16(24)31)26-19(33)13(23)9-17(25)32/h2-5,10,13-15,18,29-30H,6-9,23H2,1H3,(H2,24,31)(H2,25,32)(H,26,33)(H,27,34)(H,28,35)(H,36,37). The number of aliphatic hydroxyl groups excluding tert-OH is 1. The van der Waals surface area contributed by atoms with Crippen LogP contribution in [0.5, 0.6) is 5.75 Å². The molecule has 37 heavy (non-hydrogen) atoms. The van der Waals surface area contributed by atoms with Crippen LogP contribution in [-0.4, -0.2) is 81.1 Å². The number of rotatable bonds is 15. The monoisotopic (exact) mass is 524 g/mol. The fourth-order valence-electron chi connectivity index (χ4n) is 3.14. The molecule has 0 aliphatic heterocycles. The first-order valence-electron chi connectivity index (χ1n) is 11.1. The minimum Gasteiger partial charge on any atom is -0.508 e. The lowest BCUT2D eigenvalue weighted by molar-refractivity contribution is -0.145. The van der Waals surface area contributed by atoms with Crippen molar-refractivity contribution in [1.29, 1.82) is 0 Å². The Morgan fingerprint density at radius 1 is 0.865 bits per heavy atom. The van der Waals surface area contributed by atoms with Crippen molar-refractivity contribution in [2.45, 2.75) is 62.9 Å². The number of carboxylic acid groups (broad SMARTS) is 1. The third-order valence-electron chi connectivity index (χ3n) is 5.13. The van der Waals surface area contributed by atoms with Crippen molar-refractivity contribution in [3.8, 4) is 5.75 Å². The van der Waals surface area contributed by atoms with Gasteiger partial charge in [-0.25, -0.2) is 4.79 Å². The first-order valence-corrected chi connectivity index (χ1v) is 11.1. The number of hydrogen-bond donors (Lipinski definition) is 9. The normalized spacial score (nSPS) is 14.8. The molecule has 204 valence electrons. The zero-order chi connectivity index (χ0) is 28.3. The van der Waals surface area contributed by atoms with E-state index >= 15 is 0 Å². The van der Waals surface area contributed by atoms with Gasteiger partial charge in [-0.3, -0.25) is 24.0 Å². The number of hydrogen-bond acceptors (Lipinski definition) is 9. The van der Waals surface area contributed by atoms with Gasteiger partial charge in [0.25, 0.3) is 0 Å². The summed E-state index contributed by atoms with van der Waals surface area (Å²) >= 11 is 0. The maximum absolute atomic E-state index is 13.1. The van der Waals surface area contributed by atoms with Crippen LogP contribution < -0.4 is 33.2 Å². The van der Waals surface area contributed by atoms with Gasteiger partial charge in [0.2, 0.25) is 29.5 Å². The first-order chi connectivity index (χ1) is 17.2. The number of phenolic OH excluding ortho intramolecular Hbond substituents is 1. The average molecular weight is 525 g/mol. The third kappa shape index (κ3) is 10.9. The summed E-state index contributed by atoms with van der Waals surface area (Å²) in [4.78, 5) is 72.0. The SMILES string of the molecule is CC(O)C(NC(=O)C(Cc1ccc(O)cc1)NC(=O)C(CCC(N)=O)NC(=O)C(N)CC(N)=O)C(=O)O. The second kappa shape index (κ2) is 14.4. The highest BCUT2D eigenvalue weighted by Gasteiger charge is 2.32. The van der Waals surface area contributed by atoms with Crippen LogP contribution in [-0.2, 0) is 35.2 Å². The van der Waals surface area contributed by atoms with Gasteiger partial charge < -0.3 is 48.5 Å². The summed E-state index contributed by atoms with van der Waals surface area (Å²) in [6.07, 6.45) is -2.78. The molecular weight excluding hydrogens is 492 g/mol. The van der Waals surface area contributed by atoms with Crippen LogP contribution in [0.4, 0.5) is 0 Å². The molecule has 0 aliphatic carbocycles. The van der Waals surface area contributed by atoms with Gasteiger partial charge in [0, 0.05) is 12.8 Å². The Bertz CT molecular complexity index is 999. The van der Waals surface area contributed by atoms with Crippen molar-refractivity contribution < 1.29 is 44.1 Å². The van der Waals surface area contributed by atoms with E-state index in [1.165, 1.54) is 24.3 Å². The van der Waals surface area contributed by atoms with Crippen LogP contribution in [0.15, 0.2) is 24.3 Å². The number of amides is 5. The first kappa shape index (κ1) is 30.8. The molecule has 0 saturated carbocycles. The van der Waals surface area contributed by atoms with Crippen molar-refractivity contribution in [3.05, 3.63) is 29.8 Å². The number of primary amides is 2. The van der Waals surface area contributed by atoms with Crippen LogP contribution >= 0.6 is 0 Å². The number of benzene rings is 1. The predicted octanol–water partition coefficient (Wildman–Crippen LogP) is -3.68. The number of carbonyl (C=O) groups excluding carboxylic acids is 5. The fourth-order valence-corrected chi connectivity index (χ4v) is 3.14. The lowest BCUT2D eigenvalue weighted by atomic mass is 10.0. The van der Waals surface area contributed by atoms with Crippen LogP contribution in [0.1, 0.15) is 31.7 Å². The minimum atomic E-state index is -1.69. The lowest BCUT2D eigenvalue weighted by Crippen LogP contribution is -2.59. The molecule has 0 aliphatic rings. The molecule has 5 amide bonds. The Labute approximate surface area is 211 Å². The topological polar surface area (TPSA) is 277 Å². The molecule has 0 bridgehead atoms. The van der Waals surface area contributed by atoms with E-state index in [1.807, 2.05) is 0 Å². The molecule has 0 saturated heterocycles. The highest BCUT2D eigenvalue weighted by atomic mass is 16.4. The minimum absolute atomic E-state index is 0.0599. The molecule has 5 unspecified atom stereocenters. The highest BCUT2D eigenvalue weighted by molar-refractivity contribution is 5.95. The summed E-state index contributed by atoms with van der Waals surface area (Å²) in [6.45, 7) is 1.15. The molecule has 0 fully saturated rings. The van der Waals surface area contributed by atoms with Crippen molar-refractivity contribution in [3.63, 3.8) is 0 Å². The largest absolute Gasteiger partial charge is 0.508 e. The van der Waals surface area contributed by atoms with E-state index in [4.69, 9.17) is 17.2 Å². The molecule has 15 heteroatoms. The van der Waals surface area contributed by atoms with Crippen LogP contribution in [0.2, 0.25) is 0 Å². The molecule has 0 spiro atoms. The molecular formula is C22H32N6O9. The second-order valence-corrected chi connectivity index (χ2v) is 8.34. The number of nitrogens with two attached hydrogens (primary N) is 3.